The molecule has 2 aliphatic carbocycles. The van der Waals surface area contributed by atoms with Crippen molar-refractivity contribution in [2.45, 2.75) is 20.3 Å². The minimum atomic E-state index is -0.664. The zero-order valence-corrected chi connectivity index (χ0v) is 20.3. The Bertz CT molecular complexity index is 1250. The number of nitrogens with zero attached hydrogens (tertiary/aromatic N) is 1. The molecule has 3 aliphatic rings. The topological polar surface area (TPSA) is 92.8 Å². The van der Waals surface area contributed by atoms with Crippen molar-refractivity contribution in [2.24, 2.45) is 23.7 Å². The summed E-state index contributed by atoms with van der Waals surface area (Å²) in [5.41, 5.74) is 3.45. The van der Waals surface area contributed by atoms with Crippen LogP contribution >= 0.6 is 15.9 Å². The number of imide groups is 1. The van der Waals surface area contributed by atoms with Gasteiger partial charge < -0.3 is 10.1 Å². The number of hydrogen-bond acceptors (Lipinski definition) is 5. The number of rotatable bonds is 5. The van der Waals surface area contributed by atoms with Gasteiger partial charge in [-0.25, -0.2) is 4.79 Å². The highest BCUT2D eigenvalue weighted by Gasteiger charge is 2.60. The van der Waals surface area contributed by atoms with Crippen LogP contribution < -0.4 is 10.2 Å². The van der Waals surface area contributed by atoms with Gasteiger partial charge in [-0.2, -0.15) is 0 Å². The summed E-state index contributed by atoms with van der Waals surface area (Å²) in [6.45, 7) is 3.50. The Morgan fingerprint density at radius 2 is 1.76 bits per heavy atom. The first-order valence-electron chi connectivity index (χ1n) is 11.1. The number of ether oxygens (including phenoxy) is 1. The van der Waals surface area contributed by atoms with Crippen molar-refractivity contribution in [1.82, 2.24) is 0 Å². The van der Waals surface area contributed by atoms with Gasteiger partial charge in [0.05, 0.1) is 23.1 Å². The van der Waals surface area contributed by atoms with Crippen LogP contribution in [0.2, 0.25) is 0 Å². The molecule has 174 valence electrons. The molecular formula is C26H23BrN2O5. The summed E-state index contributed by atoms with van der Waals surface area (Å²) in [5, 5.41) is 2.68. The molecule has 34 heavy (non-hydrogen) atoms. The van der Waals surface area contributed by atoms with Gasteiger partial charge in [0.1, 0.15) is 0 Å². The molecule has 0 aromatic heterocycles. The highest BCUT2D eigenvalue weighted by molar-refractivity contribution is 9.10. The highest BCUT2D eigenvalue weighted by atomic mass is 79.9. The molecule has 2 fully saturated rings. The van der Waals surface area contributed by atoms with Crippen LogP contribution in [0, 0.1) is 30.6 Å². The average Bonchev–Trinajstić information content (AvgIpc) is 3.45. The lowest BCUT2D eigenvalue weighted by atomic mass is 9.82. The molecule has 1 heterocycles. The second-order valence-corrected chi connectivity index (χ2v) is 9.97. The van der Waals surface area contributed by atoms with E-state index in [0.717, 1.165) is 16.5 Å². The van der Waals surface area contributed by atoms with Gasteiger partial charge >= 0.3 is 5.97 Å². The summed E-state index contributed by atoms with van der Waals surface area (Å²) in [5.74, 6) is -1.71. The lowest BCUT2D eigenvalue weighted by Gasteiger charge is -2.19. The maximum atomic E-state index is 13.1. The molecule has 8 heteroatoms. The van der Waals surface area contributed by atoms with Gasteiger partial charge in [-0.05, 0) is 80.1 Å². The maximum absolute atomic E-state index is 13.1. The number of anilines is 2. The zero-order chi connectivity index (χ0) is 24.1. The van der Waals surface area contributed by atoms with Crippen LogP contribution in [0.5, 0.6) is 0 Å². The summed E-state index contributed by atoms with van der Waals surface area (Å²) in [6.07, 6.45) is 3.01. The number of fused-ring (bicyclic) bond motifs is 5. The SMILES string of the molecule is CC1=C[C@H]2C[C@H]1[C@H]1C(=O)N(c3ccc(C(=O)OCC(=O)Nc4ccc(Br)c(C)c4)cc3)C(=O)[C@@H]12. The number of benzene rings is 2. The predicted octanol–water partition coefficient (Wildman–Crippen LogP) is 4.25. The summed E-state index contributed by atoms with van der Waals surface area (Å²) < 4.78 is 6.05. The monoisotopic (exact) mass is 522 g/mol. The van der Waals surface area contributed by atoms with Gasteiger partial charge in [-0.15, -0.1) is 0 Å². The molecule has 1 saturated carbocycles. The van der Waals surface area contributed by atoms with E-state index in [1.165, 1.54) is 22.6 Å². The summed E-state index contributed by atoms with van der Waals surface area (Å²) >= 11 is 3.40. The normalized spacial score (nSPS) is 24.8. The number of hydrogen-bond donors (Lipinski definition) is 1. The molecule has 2 aromatic rings. The quantitative estimate of drug-likeness (QED) is 0.360. The molecule has 1 N–H and O–H groups in total. The number of esters is 1. The van der Waals surface area contributed by atoms with Crippen LogP contribution in [0.15, 0.2) is 58.6 Å². The Hall–Kier alpha value is -3.26. The molecule has 7 nitrogen and oxygen atoms in total. The largest absolute Gasteiger partial charge is 0.452 e. The molecular weight excluding hydrogens is 500 g/mol. The van der Waals surface area contributed by atoms with Crippen LogP contribution in [-0.4, -0.2) is 30.3 Å². The van der Waals surface area contributed by atoms with Crippen LogP contribution in [0.1, 0.15) is 29.3 Å². The van der Waals surface area contributed by atoms with Crippen molar-refractivity contribution in [3.8, 4) is 0 Å². The third-order valence-electron chi connectivity index (χ3n) is 7.02. The van der Waals surface area contributed by atoms with E-state index in [9.17, 15) is 19.2 Å². The Morgan fingerprint density at radius 3 is 2.47 bits per heavy atom. The van der Waals surface area contributed by atoms with Crippen molar-refractivity contribution in [3.05, 3.63) is 69.7 Å². The van der Waals surface area contributed by atoms with Gasteiger partial charge in [0.2, 0.25) is 11.8 Å². The van der Waals surface area contributed by atoms with E-state index in [1.807, 2.05) is 19.9 Å². The first kappa shape index (κ1) is 22.5. The first-order chi connectivity index (χ1) is 16.2. The Balaban J connectivity index is 1.20. The molecule has 1 saturated heterocycles. The number of allylic oxidation sites excluding steroid dienone is 2. The summed E-state index contributed by atoms with van der Waals surface area (Å²) in [6, 6.07) is 11.5. The first-order valence-corrected chi connectivity index (χ1v) is 11.9. The summed E-state index contributed by atoms with van der Waals surface area (Å²) in [7, 11) is 0. The van der Waals surface area contributed by atoms with Crippen molar-refractivity contribution in [3.63, 3.8) is 0 Å². The van der Waals surface area contributed by atoms with Crippen LogP contribution in [0.4, 0.5) is 11.4 Å². The third-order valence-corrected chi connectivity index (χ3v) is 7.91. The molecule has 2 bridgehead atoms. The molecule has 1 aliphatic heterocycles. The van der Waals surface area contributed by atoms with E-state index in [1.54, 1.807) is 24.3 Å². The minimum Gasteiger partial charge on any atom is -0.452 e. The molecule has 4 atom stereocenters. The third kappa shape index (κ3) is 3.76. The molecule has 0 radical (unpaired) electrons. The number of halogens is 1. The lowest BCUT2D eigenvalue weighted by molar-refractivity contribution is -0.123. The second kappa shape index (κ2) is 8.51. The maximum Gasteiger partial charge on any atom is 0.338 e. The van der Waals surface area contributed by atoms with E-state index in [4.69, 9.17) is 4.74 Å². The highest BCUT2D eigenvalue weighted by Crippen LogP contribution is 2.55. The van der Waals surface area contributed by atoms with Gasteiger partial charge in [0.15, 0.2) is 6.61 Å². The van der Waals surface area contributed by atoms with E-state index in [-0.39, 0.29) is 41.0 Å². The van der Waals surface area contributed by atoms with E-state index in [0.29, 0.717) is 11.4 Å². The van der Waals surface area contributed by atoms with Gasteiger partial charge in [-0.1, -0.05) is 27.6 Å². The van der Waals surface area contributed by atoms with E-state index >= 15 is 0 Å². The fourth-order valence-corrected chi connectivity index (χ4v) is 5.66. The number of amides is 3. The van der Waals surface area contributed by atoms with Gasteiger partial charge in [0, 0.05) is 10.2 Å². The van der Waals surface area contributed by atoms with E-state index < -0.39 is 18.5 Å². The number of aryl methyl sites for hydroxylation is 1. The smallest absolute Gasteiger partial charge is 0.338 e. The second-order valence-electron chi connectivity index (χ2n) is 9.12. The van der Waals surface area contributed by atoms with Crippen LogP contribution in [0.3, 0.4) is 0 Å². The molecule has 0 spiro atoms. The zero-order valence-electron chi connectivity index (χ0n) is 18.7. The fraction of sp³-hybridized carbons (Fsp3) is 0.308. The number of carbonyl (C=O) groups is 4. The summed E-state index contributed by atoms with van der Waals surface area (Å²) in [4.78, 5) is 51.9. The van der Waals surface area contributed by atoms with Crippen LogP contribution in [-0.2, 0) is 19.1 Å². The lowest BCUT2D eigenvalue weighted by Crippen LogP contribution is -2.33. The molecule has 5 rings (SSSR count). The van der Waals surface area contributed by atoms with Crippen molar-refractivity contribution >= 4 is 51.0 Å². The number of nitrogens with one attached hydrogen (secondary N) is 1. The minimum absolute atomic E-state index is 0.137. The van der Waals surface area contributed by atoms with Crippen molar-refractivity contribution < 1.29 is 23.9 Å². The van der Waals surface area contributed by atoms with Gasteiger partial charge in [-0.3, -0.25) is 19.3 Å². The van der Waals surface area contributed by atoms with Crippen LogP contribution in [0.25, 0.3) is 0 Å². The Morgan fingerprint density at radius 1 is 1.06 bits per heavy atom. The van der Waals surface area contributed by atoms with Crippen molar-refractivity contribution in [1.29, 1.82) is 0 Å². The number of carbonyl (C=O) groups excluding carboxylic acids is 4. The molecule has 2 aromatic carbocycles. The Kier molecular flexibility index (Phi) is 5.64. The van der Waals surface area contributed by atoms with Gasteiger partial charge in [0.25, 0.3) is 5.91 Å². The molecule has 3 amide bonds. The Labute approximate surface area is 205 Å². The van der Waals surface area contributed by atoms with Crippen molar-refractivity contribution in [2.75, 3.05) is 16.8 Å². The van der Waals surface area contributed by atoms with E-state index in [2.05, 4.69) is 27.3 Å². The predicted molar refractivity (Wildman–Crippen MR) is 129 cm³/mol. The standard InChI is InChI=1S/C26H23BrN2O5/c1-13-9-16-11-19(13)23-22(16)24(31)29(25(23)32)18-6-3-15(4-7-18)26(33)34-12-21(30)28-17-5-8-20(27)14(2)10-17/h3-10,16,19,22-23H,11-12H2,1-2H3,(H,28,30)/t16-,19+,22+,23+/m0/s1. The average molecular weight is 523 g/mol. The molecule has 0 unspecified atom stereocenters. The fourth-order valence-electron chi connectivity index (χ4n) is 5.41.